The van der Waals surface area contributed by atoms with Crippen molar-refractivity contribution in [1.82, 2.24) is 9.47 Å². The van der Waals surface area contributed by atoms with Gasteiger partial charge in [0.15, 0.2) is 0 Å². The molecule has 2 aromatic heterocycles. The molecule has 184 valence electrons. The zero-order valence-corrected chi connectivity index (χ0v) is 21.0. The third-order valence-electron chi connectivity index (χ3n) is 6.62. The zero-order valence-electron chi connectivity index (χ0n) is 20.2. The quantitative estimate of drug-likeness (QED) is 0.220. The van der Waals surface area contributed by atoms with Gasteiger partial charge in [0.2, 0.25) is 0 Å². The number of aryl methyl sites for hydroxylation is 1. The van der Waals surface area contributed by atoms with E-state index in [1.54, 1.807) is 23.1 Å². The van der Waals surface area contributed by atoms with E-state index in [4.69, 9.17) is 9.47 Å². The van der Waals surface area contributed by atoms with Gasteiger partial charge in [-0.1, -0.05) is 30.3 Å². The summed E-state index contributed by atoms with van der Waals surface area (Å²) >= 11 is 1.43. The van der Waals surface area contributed by atoms with Crippen molar-refractivity contribution in [1.29, 1.82) is 0 Å². The molecule has 4 aromatic rings. The number of methoxy groups -OCH3 is 2. The maximum absolute atomic E-state index is 13.4. The minimum atomic E-state index is -0.725. The fraction of sp³-hybridized carbons (Fsp3) is 0.214. The summed E-state index contributed by atoms with van der Waals surface area (Å²) in [5.41, 5.74) is 2.47. The molecular weight excluding hydrogens is 476 g/mol. The van der Waals surface area contributed by atoms with Crippen molar-refractivity contribution in [3.63, 3.8) is 0 Å². The predicted octanol–water partition coefficient (Wildman–Crippen LogP) is 4.92. The first-order chi connectivity index (χ1) is 17.5. The molecule has 36 heavy (non-hydrogen) atoms. The molecule has 1 saturated heterocycles. The summed E-state index contributed by atoms with van der Waals surface area (Å²) in [6.07, 6.45) is 2.62. The summed E-state index contributed by atoms with van der Waals surface area (Å²) in [6.45, 7) is 0.320. The standard InChI is InChI=1S/C28H26N2O5S/c1-29-16-17(18-8-4-5-9-19(18)29)13-14-30-25(22-12-7-15-36-22)24(27(32)28(30)33)26(31)23-20(34-2)10-6-11-21(23)35-3/h4-12,15-16,25,31H,13-14H2,1-3H3/b26-24+. The van der Waals surface area contributed by atoms with E-state index in [1.165, 1.54) is 25.6 Å². The van der Waals surface area contributed by atoms with E-state index in [1.807, 2.05) is 36.7 Å². The number of Topliss-reactive ketones (excluding diaryl/α,β-unsaturated/α-hetero) is 1. The van der Waals surface area contributed by atoms with Crippen molar-refractivity contribution in [3.8, 4) is 11.5 Å². The van der Waals surface area contributed by atoms with Crippen molar-refractivity contribution < 1.29 is 24.2 Å². The Bertz CT molecular complexity index is 1460. The second-order valence-corrected chi connectivity index (χ2v) is 9.56. The van der Waals surface area contributed by atoms with Gasteiger partial charge in [-0.25, -0.2) is 0 Å². The van der Waals surface area contributed by atoms with Gasteiger partial charge in [0, 0.05) is 35.6 Å². The maximum Gasteiger partial charge on any atom is 0.295 e. The molecule has 0 aliphatic carbocycles. The lowest BCUT2D eigenvalue weighted by molar-refractivity contribution is -0.139. The van der Waals surface area contributed by atoms with Gasteiger partial charge in [-0.2, -0.15) is 0 Å². The molecule has 7 nitrogen and oxygen atoms in total. The minimum absolute atomic E-state index is 0.0307. The van der Waals surface area contributed by atoms with Crippen molar-refractivity contribution in [2.75, 3.05) is 20.8 Å². The molecule has 1 fully saturated rings. The van der Waals surface area contributed by atoms with Gasteiger partial charge in [0.05, 0.1) is 25.8 Å². The number of hydrogen-bond donors (Lipinski definition) is 1. The van der Waals surface area contributed by atoms with E-state index in [0.717, 1.165) is 21.3 Å². The number of hydrogen-bond acceptors (Lipinski definition) is 6. The number of aliphatic hydroxyl groups excluding tert-OH is 1. The number of likely N-dealkylation sites (tertiary alicyclic amines) is 1. The van der Waals surface area contributed by atoms with Crippen LogP contribution in [-0.4, -0.2) is 47.0 Å². The van der Waals surface area contributed by atoms with E-state index >= 15 is 0 Å². The Morgan fingerprint density at radius 2 is 1.72 bits per heavy atom. The number of ketones is 1. The molecule has 1 unspecified atom stereocenters. The fourth-order valence-corrected chi connectivity index (χ4v) is 5.78. The number of amides is 1. The van der Waals surface area contributed by atoms with Crippen LogP contribution in [0.15, 0.2) is 71.7 Å². The molecule has 1 amide bonds. The number of para-hydroxylation sites is 1. The number of carbonyl (C=O) groups excluding carboxylic acids is 2. The number of fused-ring (bicyclic) bond motifs is 1. The molecule has 0 saturated carbocycles. The van der Waals surface area contributed by atoms with Gasteiger partial charge in [0.1, 0.15) is 22.8 Å². The van der Waals surface area contributed by atoms with Crippen molar-refractivity contribution >= 4 is 39.7 Å². The van der Waals surface area contributed by atoms with Crippen LogP contribution in [0.1, 0.15) is 22.0 Å². The first kappa shape index (κ1) is 23.7. The molecule has 3 heterocycles. The lowest BCUT2D eigenvalue weighted by atomic mass is 9.98. The van der Waals surface area contributed by atoms with Crippen molar-refractivity contribution in [3.05, 3.63) is 87.8 Å². The SMILES string of the molecule is COc1cccc(OC)c1/C(O)=C1\C(=O)C(=O)N(CCc2cn(C)c3ccccc23)C1c1cccs1. The van der Waals surface area contributed by atoms with Crippen LogP contribution >= 0.6 is 11.3 Å². The molecule has 0 radical (unpaired) electrons. The second kappa shape index (κ2) is 9.54. The monoisotopic (exact) mass is 502 g/mol. The highest BCUT2D eigenvalue weighted by atomic mass is 32.1. The Morgan fingerprint density at radius 3 is 2.39 bits per heavy atom. The number of ether oxygens (including phenoxy) is 2. The summed E-state index contributed by atoms with van der Waals surface area (Å²) < 4.78 is 13.0. The third kappa shape index (κ3) is 3.83. The van der Waals surface area contributed by atoms with E-state index in [-0.39, 0.29) is 16.9 Å². The van der Waals surface area contributed by atoms with Crippen LogP contribution in [0.4, 0.5) is 0 Å². The molecule has 0 spiro atoms. The number of carbonyl (C=O) groups is 2. The van der Waals surface area contributed by atoms with Crippen molar-refractivity contribution in [2.24, 2.45) is 7.05 Å². The summed E-state index contributed by atoms with van der Waals surface area (Å²) in [6, 6.07) is 16.2. The molecule has 5 rings (SSSR count). The fourth-order valence-electron chi connectivity index (χ4n) is 4.94. The van der Waals surface area contributed by atoms with Gasteiger partial charge in [-0.15, -0.1) is 11.3 Å². The molecule has 0 bridgehead atoms. The Kier molecular flexibility index (Phi) is 6.28. The molecule has 2 aromatic carbocycles. The largest absolute Gasteiger partial charge is 0.506 e. The Labute approximate surface area is 212 Å². The van der Waals surface area contributed by atoms with Gasteiger partial charge in [0.25, 0.3) is 11.7 Å². The van der Waals surface area contributed by atoms with Gasteiger partial charge in [-0.05, 0) is 41.6 Å². The van der Waals surface area contributed by atoms with Gasteiger partial charge in [-0.3, -0.25) is 9.59 Å². The van der Waals surface area contributed by atoms with Crippen LogP contribution in [0.25, 0.3) is 16.7 Å². The van der Waals surface area contributed by atoms with E-state index in [9.17, 15) is 14.7 Å². The van der Waals surface area contributed by atoms with Crippen molar-refractivity contribution in [2.45, 2.75) is 12.5 Å². The Balaban J connectivity index is 1.59. The summed E-state index contributed by atoms with van der Waals surface area (Å²) in [5, 5.41) is 14.5. The van der Waals surface area contributed by atoms with Crippen LogP contribution in [0.5, 0.6) is 11.5 Å². The Morgan fingerprint density at radius 1 is 1.00 bits per heavy atom. The number of benzene rings is 2. The maximum atomic E-state index is 13.4. The van der Waals surface area contributed by atoms with Crippen LogP contribution in [0.3, 0.4) is 0 Å². The number of nitrogens with zero attached hydrogens (tertiary/aromatic N) is 2. The first-order valence-electron chi connectivity index (χ1n) is 11.5. The van der Waals surface area contributed by atoms with Crippen LogP contribution < -0.4 is 9.47 Å². The smallest absolute Gasteiger partial charge is 0.295 e. The van der Waals surface area contributed by atoms with Crippen LogP contribution in [0.2, 0.25) is 0 Å². The summed E-state index contributed by atoms with van der Waals surface area (Å²) in [4.78, 5) is 29.1. The van der Waals surface area contributed by atoms with Crippen LogP contribution in [-0.2, 0) is 23.1 Å². The highest BCUT2D eigenvalue weighted by Gasteiger charge is 2.47. The normalized spacial score (nSPS) is 17.2. The second-order valence-electron chi connectivity index (χ2n) is 8.58. The minimum Gasteiger partial charge on any atom is -0.506 e. The molecule has 1 N–H and O–H groups in total. The number of rotatable bonds is 7. The zero-order chi connectivity index (χ0) is 25.4. The summed E-state index contributed by atoms with van der Waals surface area (Å²) in [5.74, 6) is -0.980. The number of thiophene rings is 1. The summed E-state index contributed by atoms with van der Waals surface area (Å²) in [7, 11) is 4.94. The van der Waals surface area contributed by atoms with E-state index in [2.05, 4.69) is 22.9 Å². The number of aromatic nitrogens is 1. The third-order valence-corrected chi connectivity index (χ3v) is 7.54. The Hall–Kier alpha value is -4.04. The molecule has 8 heteroatoms. The molecule has 1 atom stereocenters. The molecular formula is C28H26N2O5S. The van der Waals surface area contributed by atoms with E-state index < -0.39 is 17.7 Å². The highest BCUT2D eigenvalue weighted by Crippen LogP contribution is 2.44. The number of aliphatic hydroxyl groups is 1. The topological polar surface area (TPSA) is 81.0 Å². The average Bonchev–Trinajstić information content (AvgIpc) is 3.60. The molecule has 1 aliphatic rings. The van der Waals surface area contributed by atoms with E-state index in [0.29, 0.717) is 24.5 Å². The molecule has 1 aliphatic heterocycles. The van der Waals surface area contributed by atoms with Crippen LogP contribution in [0, 0.1) is 0 Å². The average molecular weight is 503 g/mol. The lowest BCUT2D eigenvalue weighted by Crippen LogP contribution is -2.31. The lowest BCUT2D eigenvalue weighted by Gasteiger charge is -2.24. The predicted molar refractivity (Wildman–Crippen MR) is 139 cm³/mol. The first-order valence-corrected chi connectivity index (χ1v) is 12.4. The van der Waals surface area contributed by atoms with Gasteiger partial charge >= 0.3 is 0 Å². The highest BCUT2D eigenvalue weighted by molar-refractivity contribution is 7.10. The van der Waals surface area contributed by atoms with Gasteiger partial charge < -0.3 is 24.0 Å².